The summed E-state index contributed by atoms with van der Waals surface area (Å²) in [6, 6.07) is 5.90. The number of hydrogen-bond donors (Lipinski definition) is 2. The summed E-state index contributed by atoms with van der Waals surface area (Å²) < 4.78 is 0. The zero-order valence-corrected chi connectivity index (χ0v) is 13.9. The van der Waals surface area contributed by atoms with Gasteiger partial charge < -0.3 is 11.1 Å². The highest BCUT2D eigenvalue weighted by atomic mass is 35.5. The second-order valence-corrected chi connectivity index (χ2v) is 5.89. The van der Waals surface area contributed by atoms with Crippen molar-refractivity contribution in [1.29, 1.82) is 0 Å². The Hall–Kier alpha value is -1.06. The fourth-order valence-corrected chi connectivity index (χ4v) is 2.28. The van der Waals surface area contributed by atoms with E-state index in [0.717, 1.165) is 5.56 Å². The quantitative estimate of drug-likeness (QED) is 0.876. The monoisotopic (exact) mass is 298 g/mol. The minimum atomic E-state index is -0.423. The Balaban J connectivity index is 0.00000361. The summed E-state index contributed by atoms with van der Waals surface area (Å²) in [7, 11) is 0. The largest absolute Gasteiger partial charge is 0.348 e. The maximum atomic E-state index is 12.0. The zero-order valence-electron chi connectivity index (χ0n) is 13.1. The molecule has 114 valence electrons. The molecule has 0 radical (unpaired) electrons. The molecule has 0 heterocycles. The van der Waals surface area contributed by atoms with Crippen LogP contribution in [0.15, 0.2) is 18.2 Å². The molecule has 0 saturated heterocycles. The predicted octanol–water partition coefficient (Wildman–Crippen LogP) is 3.28. The highest BCUT2D eigenvalue weighted by Crippen LogP contribution is 2.17. The number of halogens is 1. The second-order valence-electron chi connectivity index (χ2n) is 5.89. The fourth-order valence-electron chi connectivity index (χ4n) is 2.28. The number of nitrogens with two attached hydrogens (primary N) is 1. The topological polar surface area (TPSA) is 55.1 Å². The standard InChI is InChI=1S/C16H26N2O.ClH/c1-10(2)6-15(17)16(19)18-13(5)14-8-11(3)7-12(4)9-14;/h7-10,13,15H,6,17H2,1-5H3,(H,18,19);1H/t13?,15-;/m0./s1. The Morgan fingerprint density at radius 1 is 1.15 bits per heavy atom. The van der Waals surface area contributed by atoms with E-state index in [-0.39, 0.29) is 24.4 Å². The Kier molecular flexibility index (Phi) is 7.84. The number of carbonyl (C=O) groups excluding carboxylic acids is 1. The highest BCUT2D eigenvalue weighted by molar-refractivity contribution is 5.85. The van der Waals surface area contributed by atoms with Crippen LogP contribution >= 0.6 is 12.4 Å². The molecule has 0 aliphatic heterocycles. The number of benzene rings is 1. The summed E-state index contributed by atoms with van der Waals surface area (Å²) in [5.74, 6) is 0.359. The van der Waals surface area contributed by atoms with E-state index in [9.17, 15) is 4.79 Å². The number of hydrogen-bond acceptors (Lipinski definition) is 2. The van der Waals surface area contributed by atoms with Crippen molar-refractivity contribution in [3.8, 4) is 0 Å². The lowest BCUT2D eigenvalue weighted by molar-refractivity contribution is -0.123. The van der Waals surface area contributed by atoms with Gasteiger partial charge in [0.15, 0.2) is 0 Å². The van der Waals surface area contributed by atoms with Crippen LogP contribution in [0.5, 0.6) is 0 Å². The van der Waals surface area contributed by atoms with Gasteiger partial charge in [0.05, 0.1) is 12.1 Å². The molecule has 2 atom stereocenters. The Labute approximate surface area is 128 Å². The van der Waals surface area contributed by atoms with Gasteiger partial charge in [-0.1, -0.05) is 43.2 Å². The first-order valence-corrected chi connectivity index (χ1v) is 6.93. The summed E-state index contributed by atoms with van der Waals surface area (Å²) in [4.78, 5) is 12.0. The molecule has 1 unspecified atom stereocenters. The average Bonchev–Trinajstić information content (AvgIpc) is 2.26. The van der Waals surface area contributed by atoms with Crippen LogP contribution in [-0.2, 0) is 4.79 Å². The number of carbonyl (C=O) groups is 1. The summed E-state index contributed by atoms with van der Waals surface area (Å²) in [6.45, 7) is 10.3. The van der Waals surface area contributed by atoms with Crippen LogP contribution in [0.2, 0.25) is 0 Å². The van der Waals surface area contributed by atoms with Crippen molar-refractivity contribution in [3.63, 3.8) is 0 Å². The van der Waals surface area contributed by atoms with Crippen molar-refractivity contribution in [3.05, 3.63) is 34.9 Å². The molecule has 20 heavy (non-hydrogen) atoms. The molecular formula is C16H27ClN2O. The van der Waals surface area contributed by atoms with E-state index in [1.54, 1.807) is 0 Å². The molecule has 0 spiro atoms. The van der Waals surface area contributed by atoms with Gasteiger partial charge in [-0.25, -0.2) is 0 Å². The van der Waals surface area contributed by atoms with Gasteiger partial charge in [-0.3, -0.25) is 4.79 Å². The molecule has 3 nitrogen and oxygen atoms in total. The number of amides is 1. The molecule has 1 amide bonds. The van der Waals surface area contributed by atoms with Crippen molar-refractivity contribution in [1.82, 2.24) is 5.32 Å². The minimum Gasteiger partial charge on any atom is -0.348 e. The van der Waals surface area contributed by atoms with Crippen LogP contribution in [0.3, 0.4) is 0 Å². The van der Waals surface area contributed by atoms with E-state index in [2.05, 4.69) is 51.2 Å². The smallest absolute Gasteiger partial charge is 0.237 e. The fraction of sp³-hybridized carbons (Fsp3) is 0.562. The molecule has 0 fully saturated rings. The van der Waals surface area contributed by atoms with Crippen LogP contribution in [0.4, 0.5) is 0 Å². The van der Waals surface area contributed by atoms with Gasteiger partial charge in [0, 0.05) is 0 Å². The van der Waals surface area contributed by atoms with Gasteiger partial charge in [-0.15, -0.1) is 12.4 Å². The second kappa shape index (κ2) is 8.28. The summed E-state index contributed by atoms with van der Waals surface area (Å²) in [5.41, 5.74) is 9.44. The van der Waals surface area contributed by atoms with Crippen LogP contribution in [0.1, 0.15) is 49.9 Å². The highest BCUT2D eigenvalue weighted by Gasteiger charge is 2.17. The minimum absolute atomic E-state index is 0. The molecule has 0 aromatic heterocycles. The molecule has 1 rings (SSSR count). The first-order valence-electron chi connectivity index (χ1n) is 6.93. The molecule has 1 aromatic rings. The van der Waals surface area contributed by atoms with Crippen LogP contribution < -0.4 is 11.1 Å². The lowest BCUT2D eigenvalue weighted by atomic mass is 10.0. The van der Waals surface area contributed by atoms with Gasteiger partial charge in [0.25, 0.3) is 0 Å². The van der Waals surface area contributed by atoms with Crippen LogP contribution in [0, 0.1) is 19.8 Å². The Morgan fingerprint density at radius 3 is 2.10 bits per heavy atom. The lowest BCUT2D eigenvalue weighted by Gasteiger charge is -2.19. The summed E-state index contributed by atoms with van der Waals surface area (Å²) in [5, 5.41) is 2.99. The number of rotatable bonds is 5. The first kappa shape index (κ1) is 18.9. The van der Waals surface area contributed by atoms with Crippen molar-refractivity contribution in [2.45, 2.75) is 53.1 Å². The van der Waals surface area contributed by atoms with Gasteiger partial charge in [-0.2, -0.15) is 0 Å². The maximum Gasteiger partial charge on any atom is 0.237 e. The molecule has 0 aliphatic rings. The molecule has 4 heteroatoms. The third kappa shape index (κ3) is 5.93. The van der Waals surface area contributed by atoms with E-state index in [0.29, 0.717) is 12.3 Å². The number of nitrogens with one attached hydrogen (secondary N) is 1. The van der Waals surface area contributed by atoms with E-state index in [4.69, 9.17) is 5.73 Å². The Morgan fingerprint density at radius 2 is 1.65 bits per heavy atom. The van der Waals surface area contributed by atoms with E-state index >= 15 is 0 Å². The van der Waals surface area contributed by atoms with Gasteiger partial charge in [0.1, 0.15) is 0 Å². The zero-order chi connectivity index (χ0) is 14.6. The number of aryl methyl sites for hydroxylation is 2. The third-order valence-electron chi connectivity index (χ3n) is 3.16. The molecule has 0 bridgehead atoms. The first-order chi connectivity index (χ1) is 8.79. The van der Waals surface area contributed by atoms with E-state index in [1.807, 2.05) is 6.92 Å². The molecule has 1 aromatic carbocycles. The van der Waals surface area contributed by atoms with Crippen molar-refractivity contribution >= 4 is 18.3 Å². The molecule has 0 saturated carbocycles. The van der Waals surface area contributed by atoms with Gasteiger partial charge in [0.2, 0.25) is 5.91 Å². The van der Waals surface area contributed by atoms with Gasteiger partial charge in [-0.05, 0) is 38.7 Å². The average molecular weight is 299 g/mol. The van der Waals surface area contributed by atoms with E-state index in [1.165, 1.54) is 11.1 Å². The van der Waals surface area contributed by atoms with Crippen molar-refractivity contribution < 1.29 is 4.79 Å². The summed E-state index contributed by atoms with van der Waals surface area (Å²) in [6.07, 6.45) is 0.714. The SMILES string of the molecule is Cc1cc(C)cc(C(C)NC(=O)[C@@H](N)CC(C)C)c1.Cl. The van der Waals surface area contributed by atoms with Crippen LogP contribution in [-0.4, -0.2) is 11.9 Å². The van der Waals surface area contributed by atoms with Gasteiger partial charge >= 0.3 is 0 Å². The Bertz CT molecular complexity index is 426. The van der Waals surface area contributed by atoms with Crippen LogP contribution in [0.25, 0.3) is 0 Å². The lowest BCUT2D eigenvalue weighted by Crippen LogP contribution is -2.42. The van der Waals surface area contributed by atoms with Crippen molar-refractivity contribution in [2.24, 2.45) is 11.7 Å². The third-order valence-corrected chi connectivity index (χ3v) is 3.16. The molecule has 3 N–H and O–H groups in total. The van der Waals surface area contributed by atoms with E-state index < -0.39 is 6.04 Å². The summed E-state index contributed by atoms with van der Waals surface area (Å²) >= 11 is 0. The molecular weight excluding hydrogens is 272 g/mol. The maximum absolute atomic E-state index is 12.0. The van der Waals surface area contributed by atoms with Crippen molar-refractivity contribution in [2.75, 3.05) is 0 Å². The predicted molar refractivity (Wildman–Crippen MR) is 87.2 cm³/mol. The normalized spacial score (nSPS) is 13.6. The molecule has 0 aliphatic carbocycles.